The number of carbonyl (C=O) groups excluding carboxylic acids is 2. The Hall–Kier alpha value is -2.62. The molecule has 2 aliphatic rings. The van der Waals surface area contributed by atoms with Gasteiger partial charge in [0, 0.05) is 44.3 Å². The van der Waals surface area contributed by atoms with E-state index in [1.165, 1.54) is 11.3 Å². The molecule has 10 heteroatoms. The van der Waals surface area contributed by atoms with E-state index in [0.717, 1.165) is 11.6 Å². The molecule has 2 fully saturated rings. The van der Waals surface area contributed by atoms with Crippen LogP contribution in [0.15, 0.2) is 17.8 Å². The Labute approximate surface area is 161 Å². The molecule has 9 nitrogen and oxygen atoms in total. The van der Waals surface area contributed by atoms with Crippen molar-refractivity contribution in [1.82, 2.24) is 29.9 Å². The summed E-state index contributed by atoms with van der Waals surface area (Å²) in [5.74, 6) is 0.431. The van der Waals surface area contributed by atoms with Gasteiger partial charge in [-0.2, -0.15) is 5.10 Å². The SMILES string of the molecule is CC(C)CN1CC2CN(C(=O)Nc3cn[nH]c3-c3nccs3)CCN2C1=O. The Morgan fingerprint density at radius 1 is 1.41 bits per heavy atom. The van der Waals surface area contributed by atoms with Crippen molar-refractivity contribution in [2.75, 3.05) is 38.0 Å². The normalized spacial score (nSPS) is 19.7. The quantitative estimate of drug-likeness (QED) is 0.837. The third kappa shape index (κ3) is 3.48. The lowest BCUT2D eigenvalue weighted by Crippen LogP contribution is -2.54. The van der Waals surface area contributed by atoms with E-state index < -0.39 is 0 Å². The van der Waals surface area contributed by atoms with Crippen LogP contribution in [0.25, 0.3) is 10.7 Å². The van der Waals surface area contributed by atoms with Gasteiger partial charge in [0.15, 0.2) is 0 Å². The molecule has 0 bridgehead atoms. The summed E-state index contributed by atoms with van der Waals surface area (Å²) in [4.78, 5) is 35.1. The van der Waals surface area contributed by atoms with Gasteiger partial charge < -0.3 is 20.0 Å². The van der Waals surface area contributed by atoms with E-state index in [9.17, 15) is 9.59 Å². The van der Waals surface area contributed by atoms with Gasteiger partial charge in [-0.15, -0.1) is 11.3 Å². The van der Waals surface area contributed by atoms with Crippen molar-refractivity contribution in [2.24, 2.45) is 5.92 Å². The van der Waals surface area contributed by atoms with Crippen molar-refractivity contribution >= 4 is 29.1 Å². The van der Waals surface area contributed by atoms with E-state index in [0.29, 0.717) is 43.5 Å². The number of hydrogen-bond acceptors (Lipinski definition) is 5. The second-order valence-electron chi connectivity index (χ2n) is 7.30. The summed E-state index contributed by atoms with van der Waals surface area (Å²) in [7, 11) is 0. The lowest BCUT2D eigenvalue weighted by molar-refractivity contribution is 0.135. The first-order valence-electron chi connectivity index (χ1n) is 9.07. The van der Waals surface area contributed by atoms with Gasteiger partial charge >= 0.3 is 12.1 Å². The molecule has 4 amide bonds. The minimum Gasteiger partial charge on any atom is -0.322 e. The van der Waals surface area contributed by atoms with Crippen molar-refractivity contribution < 1.29 is 9.59 Å². The Balaban J connectivity index is 1.40. The van der Waals surface area contributed by atoms with Crippen molar-refractivity contribution in [3.05, 3.63) is 17.8 Å². The minimum atomic E-state index is -0.177. The van der Waals surface area contributed by atoms with Gasteiger partial charge in [0.2, 0.25) is 0 Å². The molecule has 2 N–H and O–H groups in total. The van der Waals surface area contributed by atoms with Crippen LogP contribution in [-0.2, 0) is 0 Å². The summed E-state index contributed by atoms with van der Waals surface area (Å²) < 4.78 is 0. The van der Waals surface area contributed by atoms with Crippen LogP contribution in [-0.4, -0.2) is 80.7 Å². The van der Waals surface area contributed by atoms with Crippen LogP contribution < -0.4 is 5.32 Å². The second-order valence-corrected chi connectivity index (χ2v) is 8.20. The van der Waals surface area contributed by atoms with Gasteiger partial charge in [-0.3, -0.25) is 5.10 Å². The number of carbonyl (C=O) groups is 2. The third-order valence-corrected chi connectivity index (χ3v) is 5.62. The molecule has 0 saturated carbocycles. The molecule has 1 unspecified atom stereocenters. The monoisotopic (exact) mass is 389 g/mol. The van der Waals surface area contributed by atoms with Crippen LogP contribution in [0.2, 0.25) is 0 Å². The highest BCUT2D eigenvalue weighted by molar-refractivity contribution is 7.13. The summed E-state index contributed by atoms with van der Waals surface area (Å²) >= 11 is 1.48. The van der Waals surface area contributed by atoms with Crippen LogP contribution in [0.3, 0.4) is 0 Å². The number of anilines is 1. The Kier molecular flexibility index (Phi) is 4.73. The maximum atomic E-state index is 12.8. The maximum absolute atomic E-state index is 12.8. The number of piperazine rings is 1. The fraction of sp³-hybridized carbons (Fsp3) is 0.529. The van der Waals surface area contributed by atoms with Crippen molar-refractivity contribution in [2.45, 2.75) is 19.9 Å². The zero-order valence-electron chi connectivity index (χ0n) is 15.4. The van der Waals surface area contributed by atoms with Gasteiger partial charge in [0.05, 0.1) is 17.9 Å². The Morgan fingerprint density at radius 3 is 3.00 bits per heavy atom. The molecule has 2 saturated heterocycles. The van der Waals surface area contributed by atoms with Gasteiger partial charge in [-0.1, -0.05) is 13.8 Å². The number of amides is 4. The molecule has 2 aromatic heterocycles. The van der Waals surface area contributed by atoms with Gasteiger partial charge in [0.1, 0.15) is 10.7 Å². The number of fused-ring (bicyclic) bond motifs is 1. The summed E-state index contributed by atoms with van der Waals surface area (Å²) in [6.07, 6.45) is 3.31. The molecule has 0 spiro atoms. The number of aromatic amines is 1. The third-order valence-electron chi connectivity index (χ3n) is 4.83. The molecule has 0 aromatic carbocycles. The van der Waals surface area contributed by atoms with Crippen LogP contribution >= 0.6 is 11.3 Å². The first-order valence-corrected chi connectivity index (χ1v) is 9.95. The first-order chi connectivity index (χ1) is 13.0. The predicted molar refractivity (Wildman–Crippen MR) is 103 cm³/mol. The van der Waals surface area contributed by atoms with Crippen molar-refractivity contribution in [3.63, 3.8) is 0 Å². The molecule has 2 aliphatic heterocycles. The van der Waals surface area contributed by atoms with Crippen molar-refractivity contribution in [1.29, 1.82) is 0 Å². The highest BCUT2D eigenvalue weighted by atomic mass is 32.1. The Bertz CT molecular complexity index is 819. The molecule has 27 heavy (non-hydrogen) atoms. The number of urea groups is 2. The first kappa shape index (κ1) is 17.8. The lowest BCUT2D eigenvalue weighted by atomic mass is 10.2. The topological polar surface area (TPSA) is 97.5 Å². The smallest absolute Gasteiger partial charge is 0.322 e. The maximum Gasteiger partial charge on any atom is 0.322 e. The van der Waals surface area contributed by atoms with Crippen molar-refractivity contribution in [3.8, 4) is 10.7 Å². The number of nitrogens with zero attached hydrogens (tertiary/aromatic N) is 5. The number of rotatable bonds is 4. The van der Waals surface area contributed by atoms with Gasteiger partial charge in [0.25, 0.3) is 0 Å². The van der Waals surface area contributed by atoms with E-state index in [1.54, 1.807) is 17.3 Å². The van der Waals surface area contributed by atoms with Crippen LogP contribution in [0, 0.1) is 5.92 Å². The van der Waals surface area contributed by atoms with E-state index in [2.05, 4.69) is 34.3 Å². The number of thiazole rings is 1. The molecule has 0 radical (unpaired) electrons. The van der Waals surface area contributed by atoms with Gasteiger partial charge in [-0.25, -0.2) is 14.6 Å². The molecule has 1 atom stereocenters. The summed E-state index contributed by atoms with van der Waals surface area (Å²) in [5, 5.41) is 12.5. The van der Waals surface area contributed by atoms with E-state index in [1.807, 2.05) is 15.2 Å². The fourth-order valence-electron chi connectivity index (χ4n) is 3.64. The second kappa shape index (κ2) is 7.18. The van der Waals surface area contributed by atoms with E-state index >= 15 is 0 Å². The number of nitrogens with one attached hydrogen (secondary N) is 2. The molecular formula is C17H23N7O2S. The average Bonchev–Trinajstić information content (AvgIpc) is 3.35. The zero-order chi connectivity index (χ0) is 19.0. The lowest BCUT2D eigenvalue weighted by Gasteiger charge is -2.36. The number of aromatic nitrogens is 3. The molecular weight excluding hydrogens is 366 g/mol. The highest BCUT2D eigenvalue weighted by Crippen LogP contribution is 2.28. The highest BCUT2D eigenvalue weighted by Gasteiger charge is 2.41. The molecule has 2 aromatic rings. The van der Waals surface area contributed by atoms with Crippen LogP contribution in [0.4, 0.5) is 15.3 Å². The average molecular weight is 389 g/mol. The molecule has 0 aliphatic carbocycles. The van der Waals surface area contributed by atoms with Gasteiger partial charge in [-0.05, 0) is 5.92 Å². The molecule has 144 valence electrons. The summed E-state index contributed by atoms with van der Waals surface area (Å²) in [5.41, 5.74) is 1.32. The van der Waals surface area contributed by atoms with Crippen LogP contribution in [0.1, 0.15) is 13.8 Å². The fourth-order valence-corrected chi connectivity index (χ4v) is 4.29. The predicted octanol–water partition coefficient (Wildman–Crippen LogP) is 2.14. The minimum absolute atomic E-state index is 0.0542. The summed E-state index contributed by atoms with van der Waals surface area (Å²) in [6, 6.07) is -0.0307. The molecule has 4 rings (SSSR count). The molecule has 4 heterocycles. The zero-order valence-corrected chi connectivity index (χ0v) is 16.2. The van der Waals surface area contributed by atoms with Crippen LogP contribution in [0.5, 0.6) is 0 Å². The standard InChI is InChI=1S/C17H23N7O2S/c1-11(2)8-23-10-12-9-22(4-5-24(12)17(23)26)16(25)20-13-7-19-21-14(13)15-18-3-6-27-15/h3,6-7,11-12H,4-5,8-10H2,1-2H3,(H,19,21)(H,20,25). The number of H-pyrrole nitrogens is 1. The van der Waals surface area contributed by atoms with E-state index in [4.69, 9.17) is 0 Å². The Morgan fingerprint density at radius 2 is 2.26 bits per heavy atom. The van der Waals surface area contributed by atoms with E-state index in [-0.39, 0.29) is 18.1 Å². The largest absolute Gasteiger partial charge is 0.322 e. The summed E-state index contributed by atoms with van der Waals surface area (Å²) in [6.45, 7) is 7.27. The number of hydrogen-bond donors (Lipinski definition) is 2.